The third-order valence-corrected chi connectivity index (χ3v) is 2.66. The van der Waals surface area contributed by atoms with Crippen LogP contribution in [0, 0.1) is 0 Å². The second kappa shape index (κ2) is 5.49. The van der Waals surface area contributed by atoms with Gasteiger partial charge in [-0.05, 0) is 0 Å². The number of methoxy groups -OCH3 is 1. The zero-order valence-electron chi connectivity index (χ0n) is 10.3. The van der Waals surface area contributed by atoms with Crippen molar-refractivity contribution in [3.63, 3.8) is 0 Å². The lowest BCUT2D eigenvalue weighted by Gasteiger charge is -2.07. The van der Waals surface area contributed by atoms with Gasteiger partial charge in [0.2, 0.25) is 0 Å². The van der Waals surface area contributed by atoms with Crippen molar-refractivity contribution in [2.75, 3.05) is 20.3 Å². The molecule has 0 bridgehead atoms. The predicted molar refractivity (Wildman–Crippen MR) is 67.5 cm³/mol. The van der Waals surface area contributed by atoms with E-state index in [2.05, 4.69) is 15.3 Å². The van der Waals surface area contributed by atoms with E-state index in [1.807, 2.05) is 0 Å². The lowest BCUT2D eigenvalue weighted by atomic mass is 10.1. The highest BCUT2D eigenvalue weighted by molar-refractivity contribution is 6.09. The topological polar surface area (TPSA) is 104 Å². The number of carbonyl (C=O) groups is 2. The van der Waals surface area contributed by atoms with Crippen molar-refractivity contribution in [1.29, 1.82) is 0 Å². The van der Waals surface area contributed by atoms with Gasteiger partial charge in [0.1, 0.15) is 5.75 Å². The molecule has 100 valence electrons. The van der Waals surface area contributed by atoms with Crippen molar-refractivity contribution in [3.8, 4) is 5.75 Å². The summed E-state index contributed by atoms with van der Waals surface area (Å²) in [5, 5.41) is 11.7. The van der Waals surface area contributed by atoms with Gasteiger partial charge in [0.25, 0.3) is 5.91 Å². The van der Waals surface area contributed by atoms with E-state index in [9.17, 15) is 9.59 Å². The lowest BCUT2D eigenvalue weighted by Crippen LogP contribution is -2.27. The molecule has 0 radical (unpaired) electrons. The number of H-pyrrole nitrogens is 1. The van der Waals surface area contributed by atoms with Gasteiger partial charge >= 0.3 is 0 Å². The van der Waals surface area contributed by atoms with Crippen LogP contribution in [0.4, 0.5) is 0 Å². The van der Waals surface area contributed by atoms with Crippen molar-refractivity contribution in [2.24, 2.45) is 0 Å². The Bertz CT molecular complexity index is 621. The zero-order valence-corrected chi connectivity index (χ0v) is 10.3. The number of aromatic nitrogens is 2. The number of carbonyl (C=O) groups excluding carboxylic acids is 2. The van der Waals surface area contributed by atoms with Crippen LogP contribution in [0.5, 0.6) is 5.75 Å². The number of hydrogen-bond donors (Lipinski definition) is 3. The minimum atomic E-state index is -0.430. The number of rotatable bonds is 5. The summed E-state index contributed by atoms with van der Waals surface area (Å²) in [6.07, 6.45) is 3.55. The molecule has 1 amide bonds. The standard InChI is InChI=1S/C12H13N3O4/c1-19-8-5-15-11(12(18)13-2-3-16)10-9(8)7(6-17)4-14-10/h4-6,14,16H,2-3H2,1H3,(H,13,18). The van der Waals surface area contributed by atoms with Crippen LogP contribution in [0.3, 0.4) is 0 Å². The minimum absolute atomic E-state index is 0.134. The number of aliphatic hydroxyl groups is 1. The van der Waals surface area contributed by atoms with Crippen LogP contribution in [0.25, 0.3) is 10.9 Å². The second-order valence-corrected chi connectivity index (χ2v) is 3.77. The summed E-state index contributed by atoms with van der Waals surface area (Å²) in [5.41, 5.74) is 0.972. The molecule has 2 rings (SSSR count). The maximum atomic E-state index is 11.9. The molecule has 0 spiro atoms. The molecule has 0 saturated heterocycles. The van der Waals surface area contributed by atoms with E-state index in [1.54, 1.807) is 0 Å². The van der Waals surface area contributed by atoms with Gasteiger partial charge in [0.15, 0.2) is 12.0 Å². The van der Waals surface area contributed by atoms with Gasteiger partial charge in [0, 0.05) is 18.3 Å². The van der Waals surface area contributed by atoms with E-state index in [0.717, 1.165) is 0 Å². The summed E-state index contributed by atoms with van der Waals surface area (Å²) in [5.74, 6) is -0.0157. The summed E-state index contributed by atoms with van der Waals surface area (Å²) < 4.78 is 5.13. The van der Waals surface area contributed by atoms with Gasteiger partial charge in [-0.2, -0.15) is 0 Å². The number of amides is 1. The van der Waals surface area contributed by atoms with Crippen LogP contribution in [-0.2, 0) is 0 Å². The fourth-order valence-electron chi connectivity index (χ4n) is 1.82. The van der Waals surface area contributed by atoms with E-state index in [-0.39, 0.29) is 18.8 Å². The molecule has 0 saturated carbocycles. The van der Waals surface area contributed by atoms with Crippen LogP contribution in [-0.4, -0.2) is 47.5 Å². The molecule has 0 aliphatic carbocycles. The summed E-state index contributed by atoms with van der Waals surface area (Å²) >= 11 is 0. The van der Waals surface area contributed by atoms with Crippen LogP contribution >= 0.6 is 0 Å². The van der Waals surface area contributed by atoms with E-state index in [0.29, 0.717) is 28.5 Å². The Labute approximate surface area is 108 Å². The van der Waals surface area contributed by atoms with Crippen molar-refractivity contribution in [2.45, 2.75) is 0 Å². The number of aliphatic hydroxyl groups excluding tert-OH is 1. The molecule has 2 aromatic heterocycles. The third kappa shape index (κ3) is 2.27. The molecule has 3 N–H and O–H groups in total. The second-order valence-electron chi connectivity index (χ2n) is 3.77. The maximum Gasteiger partial charge on any atom is 0.272 e. The monoisotopic (exact) mass is 263 g/mol. The Hall–Kier alpha value is -2.41. The van der Waals surface area contributed by atoms with E-state index >= 15 is 0 Å². The summed E-state index contributed by atoms with van der Waals surface area (Å²) in [6.45, 7) is -0.0232. The normalized spacial score (nSPS) is 10.4. The lowest BCUT2D eigenvalue weighted by molar-refractivity contribution is 0.0941. The highest BCUT2D eigenvalue weighted by Gasteiger charge is 2.18. The highest BCUT2D eigenvalue weighted by atomic mass is 16.5. The van der Waals surface area contributed by atoms with E-state index in [4.69, 9.17) is 9.84 Å². The minimum Gasteiger partial charge on any atom is -0.494 e. The summed E-state index contributed by atoms with van der Waals surface area (Å²) in [6, 6.07) is 0. The first-order valence-electron chi connectivity index (χ1n) is 5.61. The number of aldehydes is 1. The molecule has 0 aliphatic heterocycles. The Kier molecular flexibility index (Phi) is 3.76. The quantitative estimate of drug-likeness (QED) is 0.664. The number of nitrogens with one attached hydrogen (secondary N) is 2. The van der Waals surface area contributed by atoms with Crippen LogP contribution in [0.15, 0.2) is 12.4 Å². The molecule has 2 heterocycles. The van der Waals surface area contributed by atoms with Gasteiger partial charge in [-0.25, -0.2) is 4.98 Å². The number of pyridine rings is 1. The Balaban J connectivity index is 2.55. The average Bonchev–Trinajstić information content (AvgIpc) is 2.87. The summed E-state index contributed by atoms with van der Waals surface area (Å²) in [7, 11) is 1.46. The third-order valence-electron chi connectivity index (χ3n) is 2.66. The molecule has 0 fully saturated rings. The van der Waals surface area contributed by atoms with E-state index < -0.39 is 5.91 Å². The highest BCUT2D eigenvalue weighted by Crippen LogP contribution is 2.28. The molecule has 7 nitrogen and oxygen atoms in total. The largest absolute Gasteiger partial charge is 0.494 e. The number of fused-ring (bicyclic) bond motifs is 1. The van der Waals surface area contributed by atoms with Crippen molar-refractivity contribution < 1.29 is 19.4 Å². The van der Waals surface area contributed by atoms with Crippen molar-refractivity contribution in [3.05, 3.63) is 23.7 Å². The first-order chi connectivity index (χ1) is 9.22. The zero-order chi connectivity index (χ0) is 13.8. The van der Waals surface area contributed by atoms with Gasteiger partial charge in [0.05, 0.1) is 30.8 Å². The smallest absolute Gasteiger partial charge is 0.272 e. The fraction of sp³-hybridized carbons (Fsp3) is 0.250. The van der Waals surface area contributed by atoms with Crippen molar-refractivity contribution in [1.82, 2.24) is 15.3 Å². The first-order valence-corrected chi connectivity index (χ1v) is 5.61. The molecule has 2 aromatic rings. The number of nitrogens with zero attached hydrogens (tertiary/aromatic N) is 1. The molecule has 7 heteroatoms. The Morgan fingerprint density at radius 1 is 1.63 bits per heavy atom. The van der Waals surface area contributed by atoms with E-state index in [1.165, 1.54) is 19.5 Å². The molecule has 19 heavy (non-hydrogen) atoms. The van der Waals surface area contributed by atoms with Gasteiger partial charge in [-0.1, -0.05) is 0 Å². The molecular formula is C12H13N3O4. The first kappa shape index (κ1) is 13.0. The average molecular weight is 263 g/mol. The molecule has 0 atom stereocenters. The van der Waals surface area contributed by atoms with Crippen LogP contribution < -0.4 is 10.1 Å². The summed E-state index contributed by atoms with van der Waals surface area (Å²) in [4.78, 5) is 29.7. The number of aromatic amines is 1. The fourth-order valence-corrected chi connectivity index (χ4v) is 1.82. The van der Waals surface area contributed by atoms with Crippen LogP contribution in [0.1, 0.15) is 20.8 Å². The molecule has 0 aliphatic rings. The predicted octanol–water partition coefficient (Wildman–Crippen LogP) is 0.106. The SMILES string of the molecule is COc1cnc(C(=O)NCCO)c2[nH]cc(C=O)c12. The van der Waals surface area contributed by atoms with Gasteiger partial charge < -0.3 is 20.1 Å². The number of hydrogen-bond acceptors (Lipinski definition) is 5. The molecule has 0 aromatic carbocycles. The Morgan fingerprint density at radius 2 is 2.42 bits per heavy atom. The van der Waals surface area contributed by atoms with Crippen LogP contribution in [0.2, 0.25) is 0 Å². The Morgan fingerprint density at radius 3 is 3.05 bits per heavy atom. The number of ether oxygens (including phenoxy) is 1. The molecular weight excluding hydrogens is 250 g/mol. The van der Waals surface area contributed by atoms with Gasteiger partial charge in [-0.3, -0.25) is 9.59 Å². The van der Waals surface area contributed by atoms with Gasteiger partial charge in [-0.15, -0.1) is 0 Å². The molecule has 0 unspecified atom stereocenters. The maximum absolute atomic E-state index is 11.9. The van der Waals surface area contributed by atoms with Crippen molar-refractivity contribution >= 4 is 23.1 Å².